The van der Waals surface area contributed by atoms with Crippen LogP contribution in [0.3, 0.4) is 0 Å². The lowest BCUT2D eigenvalue weighted by molar-refractivity contribution is -0.162. The van der Waals surface area contributed by atoms with Crippen molar-refractivity contribution in [2.24, 2.45) is 0 Å². The SMILES string of the molecule is [2H]C1([2H])C[C@@H](c2cccc(F)c2F)CN(CC(F)(F)F)C(=O)[C@@H]1NC(=O)N1C([2H])([2H])C([2H])([2H])C([2H])(n2c(=O)[nH]c3ncccc32)C([2H])([2H])C1([2H])[2H]. The van der Waals surface area contributed by atoms with Gasteiger partial charge in [-0.3, -0.25) is 14.3 Å². The molecule has 0 radical (unpaired) electrons. The molecule has 2 aliphatic heterocycles. The number of hydrogen-bond donors (Lipinski definition) is 2. The molecule has 1 aromatic carbocycles. The third kappa shape index (κ3) is 5.65. The van der Waals surface area contributed by atoms with Crippen molar-refractivity contribution >= 4 is 23.1 Å². The largest absolute Gasteiger partial charge is 0.406 e. The lowest BCUT2D eigenvalue weighted by atomic mass is 9.93. The van der Waals surface area contributed by atoms with Crippen LogP contribution in [0.15, 0.2) is 41.3 Å². The zero-order valence-corrected chi connectivity index (χ0v) is 20.1. The zero-order chi connectivity index (χ0) is 38.5. The van der Waals surface area contributed by atoms with Crippen LogP contribution < -0.4 is 11.0 Å². The first kappa shape index (κ1) is 17.0. The van der Waals surface area contributed by atoms with E-state index in [0.29, 0.717) is 6.07 Å². The normalized spacial score (nSPS) is 32.2. The molecule has 40 heavy (non-hydrogen) atoms. The Morgan fingerprint density at radius 1 is 1.15 bits per heavy atom. The topological polar surface area (TPSA) is 103 Å². The van der Waals surface area contributed by atoms with E-state index in [0.717, 1.165) is 24.4 Å². The second-order valence-corrected chi connectivity index (χ2v) is 8.76. The Hall–Kier alpha value is -3.97. The molecule has 214 valence electrons. The second kappa shape index (κ2) is 10.9. The molecule has 9 nitrogen and oxygen atoms in total. The highest BCUT2D eigenvalue weighted by Gasteiger charge is 2.40. The first-order valence-electron chi connectivity index (χ1n) is 17.1. The molecular weight excluding hydrogens is 539 g/mol. The predicted octanol–water partition coefficient (Wildman–Crippen LogP) is 3.69. The minimum Gasteiger partial charge on any atom is -0.331 e. The molecule has 0 bridgehead atoms. The molecule has 2 atom stereocenters. The molecule has 5 rings (SSSR count). The number of urea groups is 1. The number of benzene rings is 1. The van der Waals surface area contributed by atoms with Gasteiger partial charge in [0, 0.05) is 51.4 Å². The third-order valence-electron chi connectivity index (χ3n) is 6.08. The number of halogens is 5. The fraction of sp³-hybridized carbons (Fsp3) is 0.462. The van der Waals surface area contributed by atoms with Crippen LogP contribution in [0.2, 0.25) is 0 Å². The van der Waals surface area contributed by atoms with Crippen molar-refractivity contribution < 1.29 is 46.6 Å². The zero-order valence-electron chi connectivity index (χ0n) is 31.1. The highest BCUT2D eigenvalue weighted by molar-refractivity contribution is 5.87. The van der Waals surface area contributed by atoms with Crippen LogP contribution in [0.1, 0.15) is 58.1 Å². The van der Waals surface area contributed by atoms with E-state index in [1.54, 1.807) is 5.32 Å². The summed E-state index contributed by atoms with van der Waals surface area (Å²) in [6.45, 7) is -11.5. The number of amides is 3. The van der Waals surface area contributed by atoms with Gasteiger partial charge in [0.25, 0.3) is 0 Å². The Morgan fingerprint density at radius 3 is 2.62 bits per heavy atom. The van der Waals surface area contributed by atoms with Crippen molar-refractivity contribution in [2.75, 3.05) is 26.1 Å². The molecule has 0 spiro atoms. The Kier molecular flexibility index (Phi) is 4.62. The highest BCUT2D eigenvalue weighted by Crippen LogP contribution is 2.32. The highest BCUT2D eigenvalue weighted by atomic mass is 19.4. The Labute approximate surface area is 240 Å². The van der Waals surface area contributed by atoms with E-state index >= 15 is 0 Å². The summed E-state index contributed by atoms with van der Waals surface area (Å²) in [5.41, 5.74) is -2.82. The maximum absolute atomic E-state index is 14.8. The molecule has 2 aliphatic rings. The van der Waals surface area contributed by atoms with Crippen molar-refractivity contribution in [1.29, 1.82) is 0 Å². The number of nitrogens with zero attached hydrogens (tertiary/aromatic N) is 4. The molecule has 4 heterocycles. The van der Waals surface area contributed by atoms with Crippen LogP contribution in [0, 0.1) is 11.6 Å². The van der Waals surface area contributed by atoms with Crippen LogP contribution in [-0.4, -0.2) is 74.6 Å². The van der Waals surface area contributed by atoms with Crippen LogP contribution in [0.5, 0.6) is 0 Å². The van der Waals surface area contributed by atoms with Crippen molar-refractivity contribution in [2.45, 2.75) is 49.7 Å². The summed E-state index contributed by atoms with van der Waals surface area (Å²) in [7, 11) is 0. The minimum atomic E-state index is -5.16. The second-order valence-electron chi connectivity index (χ2n) is 8.76. The molecule has 3 amide bonds. The van der Waals surface area contributed by atoms with Crippen molar-refractivity contribution in [3.63, 3.8) is 0 Å². The van der Waals surface area contributed by atoms with Crippen LogP contribution in [0.4, 0.5) is 26.7 Å². The number of likely N-dealkylation sites (tertiary alicyclic amines) is 2. The first-order valence-corrected chi connectivity index (χ1v) is 11.6. The quantitative estimate of drug-likeness (QED) is 0.462. The lowest BCUT2D eigenvalue weighted by Crippen LogP contribution is -2.54. The number of rotatable bonds is 4. The summed E-state index contributed by atoms with van der Waals surface area (Å²) in [5, 5.41) is 1.60. The number of alkyl halides is 3. The fourth-order valence-electron chi connectivity index (χ4n) is 4.31. The number of imidazole rings is 1. The molecule has 2 N–H and O–H groups in total. The van der Waals surface area contributed by atoms with Gasteiger partial charge in [-0.2, -0.15) is 13.2 Å². The van der Waals surface area contributed by atoms with Gasteiger partial charge in [0.15, 0.2) is 17.3 Å². The molecular formula is C26H27F5N6O3. The van der Waals surface area contributed by atoms with Crippen LogP contribution in [0.25, 0.3) is 11.2 Å². The van der Waals surface area contributed by atoms with Crippen LogP contribution >= 0.6 is 0 Å². The summed E-state index contributed by atoms with van der Waals surface area (Å²) in [6, 6.07) is -4.00. The van der Waals surface area contributed by atoms with Crippen molar-refractivity contribution in [3.05, 3.63) is 64.2 Å². The summed E-state index contributed by atoms with van der Waals surface area (Å²) in [5.74, 6) is -6.47. The molecule has 2 fully saturated rings. The van der Waals surface area contributed by atoms with E-state index in [-0.39, 0.29) is 15.1 Å². The number of aromatic nitrogens is 3. The van der Waals surface area contributed by atoms with Gasteiger partial charge < -0.3 is 15.1 Å². The van der Waals surface area contributed by atoms with E-state index in [1.165, 1.54) is 6.07 Å². The van der Waals surface area contributed by atoms with Gasteiger partial charge in [0.2, 0.25) is 5.91 Å². The maximum Gasteiger partial charge on any atom is 0.406 e. The van der Waals surface area contributed by atoms with Crippen molar-refractivity contribution in [3.8, 4) is 0 Å². The van der Waals surface area contributed by atoms with Gasteiger partial charge >= 0.3 is 17.9 Å². The fourth-order valence-corrected chi connectivity index (χ4v) is 4.31. The summed E-state index contributed by atoms with van der Waals surface area (Å²) in [4.78, 5) is 45.6. The van der Waals surface area contributed by atoms with Crippen LogP contribution in [-0.2, 0) is 4.79 Å². The average Bonchev–Trinajstić information content (AvgIpc) is 3.29. The monoisotopic (exact) mass is 577 g/mol. The number of fused-ring (bicyclic) bond motifs is 1. The number of nitrogens with one attached hydrogen (secondary N) is 2. The number of hydrogen-bond acceptors (Lipinski definition) is 4. The number of aromatic amines is 1. The Morgan fingerprint density at radius 2 is 1.90 bits per heavy atom. The van der Waals surface area contributed by atoms with E-state index in [9.17, 15) is 36.3 Å². The Bertz CT molecular complexity index is 1930. The molecule has 0 unspecified atom stereocenters. The smallest absolute Gasteiger partial charge is 0.331 e. The molecule has 3 aromatic rings. The van der Waals surface area contributed by atoms with E-state index in [4.69, 9.17) is 15.1 Å². The standard InChI is InChI=1S/C26H27F5N6O3/c27-18-4-1-3-17(21(18)28)15-6-7-19(23(38)36(13-15)14-26(29,30)31)33-24(39)35-11-8-16(9-12-35)37-20-5-2-10-32-22(20)34-25(37)40/h1-5,10,15-16,19H,6-9,11-14H2,(H,33,39)(H,32,34,40)/t15-,19-/m1/s1/i7D2,8D2,9D2,11D2,12D2,16D. The molecule has 0 aliphatic carbocycles. The summed E-state index contributed by atoms with van der Waals surface area (Å²) >= 11 is 0. The van der Waals surface area contributed by atoms with E-state index in [2.05, 4.69) is 9.97 Å². The summed E-state index contributed by atoms with van der Waals surface area (Å²) in [6.07, 6.45) is -16.4. The van der Waals surface area contributed by atoms with Gasteiger partial charge in [-0.1, -0.05) is 12.1 Å². The number of H-pyrrole nitrogens is 1. The number of pyridine rings is 1. The molecule has 14 heteroatoms. The van der Waals surface area contributed by atoms with Gasteiger partial charge in [-0.25, -0.2) is 23.4 Å². The van der Waals surface area contributed by atoms with Gasteiger partial charge in [-0.15, -0.1) is 0 Å². The predicted molar refractivity (Wildman–Crippen MR) is 133 cm³/mol. The average molecular weight is 578 g/mol. The van der Waals surface area contributed by atoms with Gasteiger partial charge in [0.05, 0.1) is 6.89 Å². The van der Waals surface area contributed by atoms with E-state index in [1.807, 2.05) is 0 Å². The summed E-state index contributed by atoms with van der Waals surface area (Å²) < 4.78 is 165. The van der Waals surface area contributed by atoms with Gasteiger partial charge in [0.1, 0.15) is 12.6 Å². The molecule has 0 saturated carbocycles. The van der Waals surface area contributed by atoms with E-state index < -0.39 is 121 Å². The molecule has 2 saturated heterocycles. The van der Waals surface area contributed by atoms with Crippen molar-refractivity contribution in [1.82, 2.24) is 29.7 Å². The third-order valence-corrected chi connectivity index (χ3v) is 6.08. The number of carbonyl (C=O) groups is 2. The maximum atomic E-state index is 14.8. The molecule has 2 aromatic heterocycles. The van der Waals surface area contributed by atoms with Gasteiger partial charge in [-0.05, 0) is 49.3 Å². The minimum absolute atomic E-state index is 0.0187. The lowest BCUT2D eigenvalue weighted by Gasteiger charge is -2.34. The first-order chi connectivity index (χ1) is 23.1. The number of piperidine rings is 1. The Balaban J connectivity index is 1.61. The number of carbonyl (C=O) groups excluding carboxylic acids is 2.